The van der Waals surface area contributed by atoms with Gasteiger partial charge in [-0.3, -0.25) is 14.9 Å². The van der Waals surface area contributed by atoms with Crippen LogP contribution in [0, 0.1) is 10.1 Å². The smallest absolute Gasteiger partial charge is 0.282 e. The Bertz CT molecular complexity index is 1010. The van der Waals surface area contributed by atoms with Gasteiger partial charge in [-0.15, -0.1) is 11.8 Å². The molecule has 1 amide bonds. The Morgan fingerprint density at radius 1 is 1.07 bits per heavy atom. The zero-order chi connectivity index (χ0) is 20.6. The molecule has 0 saturated heterocycles. The lowest BCUT2D eigenvalue weighted by molar-refractivity contribution is -0.385. The van der Waals surface area contributed by atoms with E-state index in [9.17, 15) is 14.9 Å². The lowest BCUT2D eigenvalue weighted by Crippen LogP contribution is -2.28. The maximum Gasteiger partial charge on any atom is 0.282 e. The zero-order valence-corrected chi connectivity index (χ0v) is 16.6. The van der Waals surface area contributed by atoms with Crippen molar-refractivity contribution < 1.29 is 14.5 Å². The molecule has 0 aliphatic carbocycles. The second-order valence-corrected chi connectivity index (χ2v) is 6.99. The number of nitrogens with one attached hydrogen (secondary N) is 1. The maximum atomic E-state index is 12.5. The van der Waals surface area contributed by atoms with Crippen LogP contribution in [-0.4, -0.2) is 30.2 Å². The molecule has 7 heteroatoms. The largest absolute Gasteiger partial charge is 0.491 e. The lowest BCUT2D eigenvalue weighted by atomic mass is 10.1. The second-order valence-electron chi connectivity index (χ2n) is 6.11. The van der Waals surface area contributed by atoms with E-state index in [0.717, 1.165) is 16.0 Å². The van der Waals surface area contributed by atoms with E-state index in [1.54, 1.807) is 6.07 Å². The van der Waals surface area contributed by atoms with Crippen molar-refractivity contribution in [3.63, 3.8) is 0 Å². The predicted molar refractivity (Wildman–Crippen MR) is 115 cm³/mol. The predicted octanol–water partition coefficient (Wildman–Crippen LogP) is 4.79. The summed E-state index contributed by atoms with van der Waals surface area (Å²) in [6.45, 7) is 0.466. The van der Waals surface area contributed by atoms with Crippen molar-refractivity contribution in [3.8, 4) is 16.9 Å². The van der Waals surface area contributed by atoms with Crippen LogP contribution in [-0.2, 0) is 0 Å². The highest BCUT2D eigenvalue weighted by Crippen LogP contribution is 2.29. The molecule has 148 valence electrons. The summed E-state index contributed by atoms with van der Waals surface area (Å²) >= 11 is 1.42. The van der Waals surface area contributed by atoms with Gasteiger partial charge in [-0.05, 0) is 30.0 Å². The first-order valence-corrected chi connectivity index (χ1v) is 10.2. The topological polar surface area (TPSA) is 81.5 Å². The van der Waals surface area contributed by atoms with Crippen LogP contribution in [0.2, 0.25) is 0 Å². The summed E-state index contributed by atoms with van der Waals surface area (Å²) in [5, 5.41) is 13.9. The number of benzene rings is 3. The molecule has 0 aliphatic rings. The third-order valence-electron chi connectivity index (χ3n) is 4.26. The molecule has 3 aromatic carbocycles. The van der Waals surface area contributed by atoms with Crippen molar-refractivity contribution in [2.75, 3.05) is 19.4 Å². The summed E-state index contributed by atoms with van der Waals surface area (Å²) in [6, 6.07) is 22.1. The van der Waals surface area contributed by atoms with Gasteiger partial charge in [0.25, 0.3) is 11.6 Å². The van der Waals surface area contributed by atoms with E-state index in [-0.39, 0.29) is 24.4 Å². The summed E-state index contributed by atoms with van der Waals surface area (Å²) < 4.78 is 5.85. The molecule has 0 aliphatic heterocycles. The SMILES string of the molecule is CSc1ccc([N+](=O)[O-])c(C(=O)NCCOc2ccccc2-c2ccccc2)c1. The monoisotopic (exact) mass is 408 g/mol. The fraction of sp³-hybridized carbons (Fsp3) is 0.136. The molecule has 0 bridgehead atoms. The van der Waals surface area contributed by atoms with Crippen LogP contribution in [0.1, 0.15) is 10.4 Å². The van der Waals surface area contributed by atoms with Crippen LogP contribution >= 0.6 is 11.8 Å². The van der Waals surface area contributed by atoms with Crippen molar-refractivity contribution in [1.82, 2.24) is 5.32 Å². The molecular formula is C22H20N2O4S. The lowest BCUT2D eigenvalue weighted by Gasteiger charge is -2.12. The van der Waals surface area contributed by atoms with E-state index < -0.39 is 10.8 Å². The van der Waals surface area contributed by atoms with Gasteiger partial charge >= 0.3 is 0 Å². The fourth-order valence-corrected chi connectivity index (χ4v) is 3.29. The van der Waals surface area contributed by atoms with E-state index in [0.29, 0.717) is 5.75 Å². The van der Waals surface area contributed by atoms with E-state index >= 15 is 0 Å². The number of nitrogens with zero attached hydrogens (tertiary/aromatic N) is 1. The first kappa shape index (κ1) is 20.4. The van der Waals surface area contributed by atoms with Gasteiger partial charge < -0.3 is 10.1 Å². The highest BCUT2D eigenvalue weighted by atomic mass is 32.2. The van der Waals surface area contributed by atoms with Gasteiger partial charge in [0.2, 0.25) is 0 Å². The molecule has 29 heavy (non-hydrogen) atoms. The number of thioether (sulfide) groups is 1. The van der Waals surface area contributed by atoms with Crippen molar-refractivity contribution in [3.05, 3.63) is 88.5 Å². The molecule has 0 atom stereocenters. The maximum absolute atomic E-state index is 12.5. The Morgan fingerprint density at radius 2 is 1.79 bits per heavy atom. The molecule has 6 nitrogen and oxygen atoms in total. The Balaban J connectivity index is 1.64. The number of carbonyl (C=O) groups is 1. The number of hydrogen-bond donors (Lipinski definition) is 1. The van der Waals surface area contributed by atoms with Crippen LogP contribution in [0.3, 0.4) is 0 Å². The molecule has 0 heterocycles. The average Bonchev–Trinajstić information content (AvgIpc) is 2.77. The number of nitro benzene ring substituents is 1. The Kier molecular flexibility index (Phi) is 6.86. The third-order valence-corrected chi connectivity index (χ3v) is 4.99. The molecular weight excluding hydrogens is 388 g/mol. The number of para-hydroxylation sites is 1. The van der Waals surface area contributed by atoms with Gasteiger partial charge in [0, 0.05) is 16.5 Å². The fourth-order valence-electron chi connectivity index (χ4n) is 2.85. The van der Waals surface area contributed by atoms with E-state index in [1.165, 1.54) is 23.9 Å². The van der Waals surface area contributed by atoms with Crippen LogP contribution in [0.4, 0.5) is 5.69 Å². The van der Waals surface area contributed by atoms with Gasteiger partial charge in [0.05, 0.1) is 11.5 Å². The number of amides is 1. The number of ether oxygens (including phenoxy) is 1. The Labute approximate surface area is 173 Å². The molecule has 0 spiro atoms. The minimum Gasteiger partial charge on any atom is -0.491 e. The normalized spacial score (nSPS) is 10.4. The molecule has 3 rings (SSSR count). The summed E-state index contributed by atoms with van der Waals surface area (Å²) in [7, 11) is 0. The number of rotatable bonds is 8. The van der Waals surface area contributed by atoms with E-state index in [2.05, 4.69) is 5.32 Å². The summed E-state index contributed by atoms with van der Waals surface area (Å²) in [6.07, 6.45) is 1.85. The number of carbonyl (C=O) groups excluding carboxylic acids is 1. The molecule has 3 aromatic rings. The molecule has 0 unspecified atom stereocenters. The standard InChI is InChI=1S/C22H20N2O4S/c1-29-17-11-12-20(24(26)27)19(15-17)22(25)23-13-14-28-21-10-6-5-9-18(21)16-7-3-2-4-8-16/h2-12,15H,13-14H2,1H3,(H,23,25). The highest BCUT2D eigenvalue weighted by molar-refractivity contribution is 7.98. The first-order chi connectivity index (χ1) is 14.1. The molecule has 0 radical (unpaired) electrons. The molecule has 0 fully saturated rings. The van der Waals surface area contributed by atoms with Crippen LogP contribution in [0.15, 0.2) is 77.7 Å². The highest BCUT2D eigenvalue weighted by Gasteiger charge is 2.20. The first-order valence-electron chi connectivity index (χ1n) is 8.98. The molecule has 0 saturated carbocycles. The molecule has 0 aromatic heterocycles. The van der Waals surface area contributed by atoms with Gasteiger partial charge in [-0.1, -0.05) is 48.5 Å². The van der Waals surface area contributed by atoms with Gasteiger partial charge in [-0.25, -0.2) is 0 Å². The van der Waals surface area contributed by atoms with Crippen LogP contribution in [0.5, 0.6) is 5.75 Å². The summed E-state index contributed by atoms with van der Waals surface area (Å²) in [4.78, 5) is 23.9. The minimum absolute atomic E-state index is 0.0477. The van der Waals surface area contributed by atoms with Gasteiger partial charge in [0.15, 0.2) is 0 Å². The third kappa shape index (κ3) is 5.14. The Hall–Kier alpha value is -3.32. The summed E-state index contributed by atoms with van der Waals surface area (Å²) in [5.74, 6) is 0.218. The quantitative estimate of drug-likeness (QED) is 0.251. The van der Waals surface area contributed by atoms with Crippen molar-refractivity contribution in [2.24, 2.45) is 0 Å². The van der Waals surface area contributed by atoms with Crippen molar-refractivity contribution in [1.29, 1.82) is 0 Å². The Morgan fingerprint density at radius 3 is 2.52 bits per heavy atom. The summed E-state index contributed by atoms with van der Waals surface area (Å²) in [5.41, 5.74) is 1.83. The van der Waals surface area contributed by atoms with E-state index in [4.69, 9.17) is 4.74 Å². The number of hydrogen-bond acceptors (Lipinski definition) is 5. The minimum atomic E-state index is -0.550. The van der Waals surface area contributed by atoms with Gasteiger partial charge in [0.1, 0.15) is 17.9 Å². The van der Waals surface area contributed by atoms with E-state index in [1.807, 2.05) is 60.9 Å². The average molecular weight is 408 g/mol. The van der Waals surface area contributed by atoms with Crippen LogP contribution < -0.4 is 10.1 Å². The second kappa shape index (κ2) is 9.75. The number of nitro groups is 1. The van der Waals surface area contributed by atoms with Gasteiger partial charge in [-0.2, -0.15) is 0 Å². The van der Waals surface area contributed by atoms with Crippen molar-refractivity contribution in [2.45, 2.75) is 4.90 Å². The van der Waals surface area contributed by atoms with Crippen LogP contribution in [0.25, 0.3) is 11.1 Å². The zero-order valence-electron chi connectivity index (χ0n) is 15.8. The molecule has 1 N–H and O–H groups in total. The van der Waals surface area contributed by atoms with Crippen molar-refractivity contribution >= 4 is 23.4 Å².